The summed E-state index contributed by atoms with van der Waals surface area (Å²) in [6.07, 6.45) is 5.96. The van der Waals surface area contributed by atoms with Crippen molar-refractivity contribution in [2.45, 2.75) is 26.7 Å². The highest BCUT2D eigenvalue weighted by Crippen LogP contribution is 2.07. The van der Waals surface area contributed by atoms with E-state index in [1.165, 1.54) is 16.9 Å². The van der Waals surface area contributed by atoms with Gasteiger partial charge in [-0.2, -0.15) is 0 Å². The fraction of sp³-hybridized carbons (Fsp3) is 0.294. The Balaban J connectivity index is 0.000000147. The second-order valence-electron chi connectivity index (χ2n) is 4.66. The topological polar surface area (TPSA) is 30.7 Å². The SMILES string of the molecule is CCc1cn(C)c(CC)n1.c1ccc2ncccc2c1. The lowest BCUT2D eigenvalue weighted by molar-refractivity contribution is 0.807. The number of rotatable bonds is 2. The smallest absolute Gasteiger partial charge is 0.108 e. The molecule has 0 aliphatic carbocycles. The van der Waals surface area contributed by atoms with E-state index in [9.17, 15) is 0 Å². The molecule has 0 saturated heterocycles. The van der Waals surface area contributed by atoms with Gasteiger partial charge in [0.15, 0.2) is 0 Å². The van der Waals surface area contributed by atoms with E-state index in [-0.39, 0.29) is 0 Å². The van der Waals surface area contributed by atoms with Crippen LogP contribution in [-0.2, 0) is 19.9 Å². The van der Waals surface area contributed by atoms with Crippen molar-refractivity contribution in [3.8, 4) is 0 Å². The zero-order valence-corrected chi connectivity index (χ0v) is 12.4. The van der Waals surface area contributed by atoms with Crippen LogP contribution in [0, 0.1) is 0 Å². The van der Waals surface area contributed by atoms with Crippen LogP contribution in [0.15, 0.2) is 48.8 Å². The van der Waals surface area contributed by atoms with Crippen molar-refractivity contribution >= 4 is 10.9 Å². The lowest BCUT2D eigenvalue weighted by atomic mass is 10.2. The number of nitrogens with zero attached hydrogens (tertiary/aromatic N) is 3. The number of hydrogen-bond donors (Lipinski definition) is 0. The number of hydrogen-bond acceptors (Lipinski definition) is 2. The highest BCUT2D eigenvalue weighted by molar-refractivity contribution is 5.77. The van der Waals surface area contributed by atoms with Gasteiger partial charge in [0.05, 0.1) is 11.2 Å². The molecule has 20 heavy (non-hydrogen) atoms. The van der Waals surface area contributed by atoms with Gasteiger partial charge in [-0.3, -0.25) is 4.98 Å². The lowest BCUT2D eigenvalue weighted by Crippen LogP contribution is -1.93. The van der Waals surface area contributed by atoms with Gasteiger partial charge in [-0.1, -0.05) is 38.1 Å². The third kappa shape index (κ3) is 3.44. The average Bonchev–Trinajstić information content (AvgIpc) is 2.88. The van der Waals surface area contributed by atoms with E-state index >= 15 is 0 Å². The second-order valence-corrected chi connectivity index (χ2v) is 4.66. The van der Waals surface area contributed by atoms with Crippen molar-refractivity contribution in [2.75, 3.05) is 0 Å². The Labute approximate surface area is 120 Å². The second kappa shape index (κ2) is 6.85. The summed E-state index contributed by atoms with van der Waals surface area (Å²) >= 11 is 0. The van der Waals surface area contributed by atoms with Gasteiger partial charge < -0.3 is 4.57 Å². The highest BCUT2D eigenvalue weighted by Gasteiger charge is 1.99. The molecule has 0 N–H and O–H groups in total. The Kier molecular flexibility index (Phi) is 4.88. The zero-order valence-electron chi connectivity index (χ0n) is 12.4. The molecule has 104 valence electrons. The van der Waals surface area contributed by atoms with E-state index < -0.39 is 0 Å². The molecule has 0 atom stereocenters. The minimum absolute atomic E-state index is 1.02. The summed E-state index contributed by atoms with van der Waals surface area (Å²) in [5, 5.41) is 1.20. The fourth-order valence-corrected chi connectivity index (χ4v) is 2.09. The molecule has 0 aliphatic heterocycles. The van der Waals surface area contributed by atoms with Gasteiger partial charge in [-0.05, 0) is 18.6 Å². The van der Waals surface area contributed by atoms with E-state index in [0.29, 0.717) is 0 Å². The molecule has 0 bridgehead atoms. The number of pyridine rings is 1. The Bertz CT molecular complexity index is 605. The molecule has 0 unspecified atom stereocenters. The van der Waals surface area contributed by atoms with E-state index in [1.54, 1.807) is 0 Å². The summed E-state index contributed by atoms with van der Waals surface area (Å²) in [7, 11) is 2.05. The molecule has 3 aromatic rings. The van der Waals surface area contributed by atoms with Crippen LogP contribution in [0.5, 0.6) is 0 Å². The predicted molar refractivity (Wildman–Crippen MR) is 83.7 cm³/mol. The first-order valence-electron chi connectivity index (χ1n) is 7.05. The van der Waals surface area contributed by atoms with Crippen molar-refractivity contribution in [3.63, 3.8) is 0 Å². The maximum absolute atomic E-state index is 4.41. The summed E-state index contributed by atoms with van der Waals surface area (Å²) in [5.41, 5.74) is 2.25. The van der Waals surface area contributed by atoms with Crippen LogP contribution in [0.4, 0.5) is 0 Å². The van der Waals surface area contributed by atoms with Crippen LogP contribution in [0.2, 0.25) is 0 Å². The third-order valence-corrected chi connectivity index (χ3v) is 3.21. The number of para-hydroxylation sites is 1. The van der Waals surface area contributed by atoms with Crippen molar-refractivity contribution in [2.24, 2.45) is 7.05 Å². The molecule has 0 aliphatic rings. The summed E-state index contributed by atoms with van der Waals surface area (Å²) in [6.45, 7) is 4.25. The molecule has 0 spiro atoms. The number of aromatic nitrogens is 3. The molecule has 1 aromatic carbocycles. The molecular weight excluding hydrogens is 246 g/mol. The quantitative estimate of drug-likeness (QED) is 0.707. The maximum atomic E-state index is 4.41. The Morgan fingerprint density at radius 1 is 1.00 bits per heavy atom. The molecule has 3 rings (SSSR count). The Morgan fingerprint density at radius 2 is 1.75 bits per heavy atom. The van der Waals surface area contributed by atoms with Crippen LogP contribution >= 0.6 is 0 Å². The van der Waals surface area contributed by atoms with Crippen molar-refractivity contribution in [1.29, 1.82) is 0 Å². The predicted octanol–water partition coefficient (Wildman–Crippen LogP) is 3.78. The van der Waals surface area contributed by atoms with Gasteiger partial charge in [0, 0.05) is 31.2 Å². The molecule has 0 fully saturated rings. The fourth-order valence-electron chi connectivity index (χ4n) is 2.09. The molecule has 0 radical (unpaired) electrons. The first-order valence-corrected chi connectivity index (χ1v) is 7.05. The maximum Gasteiger partial charge on any atom is 0.108 e. The van der Waals surface area contributed by atoms with Crippen LogP contribution in [0.1, 0.15) is 25.4 Å². The monoisotopic (exact) mass is 267 g/mol. The molecule has 3 heteroatoms. The molecule has 3 nitrogen and oxygen atoms in total. The third-order valence-electron chi connectivity index (χ3n) is 3.21. The minimum Gasteiger partial charge on any atom is -0.338 e. The van der Waals surface area contributed by atoms with E-state index in [4.69, 9.17) is 0 Å². The van der Waals surface area contributed by atoms with Gasteiger partial charge in [0.1, 0.15) is 5.82 Å². The number of benzene rings is 1. The molecule has 2 heterocycles. The Hall–Kier alpha value is -2.16. The highest BCUT2D eigenvalue weighted by atomic mass is 15.0. The van der Waals surface area contributed by atoms with Crippen molar-refractivity contribution in [3.05, 3.63) is 60.3 Å². The molecule has 0 amide bonds. The number of fused-ring (bicyclic) bond motifs is 1. The van der Waals surface area contributed by atoms with Crippen LogP contribution in [0.25, 0.3) is 10.9 Å². The zero-order chi connectivity index (χ0) is 14.4. The number of imidazole rings is 1. The van der Waals surface area contributed by atoms with Gasteiger partial charge in [-0.15, -0.1) is 0 Å². The van der Waals surface area contributed by atoms with E-state index in [0.717, 1.165) is 18.4 Å². The summed E-state index contributed by atoms with van der Waals surface area (Å²) < 4.78 is 2.10. The molecular formula is C17H21N3. The van der Waals surface area contributed by atoms with Crippen LogP contribution in [0.3, 0.4) is 0 Å². The first kappa shape index (κ1) is 14.3. The van der Waals surface area contributed by atoms with Crippen molar-refractivity contribution < 1.29 is 0 Å². The van der Waals surface area contributed by atoms with E-state index in [1.807, 2.05) is 37.5 Å². The number of aryl methyl sites for hydroxylation is 3. The van der Waals surface area contributed by atoms with Gasteiger partial charge in [0.25, 0.3) is 0 Å². The lowest BCUT2D eigenvalue weighted by Gasteiger charge is -1.92. The van der Waals surface area contributed by atoms with Gasteiger partial charge >= 0.3 is 0 Å². The van der Waals surface area contributed by atoms with E-state index in [2.05, 4.69) is 46.7 Å². The average molecular weight is 267 g/mol. The summed E-state index contributed by atoms with van der Waals surface area (Å²) in [5.74, 6) is 1.18. The first-order chi connectivity index (χ1) is 9.74. The van der Waals surface area contributed by atoms with Gasteiger partial charge in [-0.25, -0.2) is 4.98 Å². The molecule has 0 saturated carbocycles. The van der Waals surface area contributed by atoms with Gasteiger partial charge in [0.2, 0.25) is 0 Å². The minimum atomic E-state index is 1.02. The van der Waals surface area contributed by atoms with Crippen molar-refractivity contribution in [1.82, 2.24) is 14.5 Å². The Morgan fingerprint density at radius 3 is 2.35 bits per heavy atom. The largest absolute Gasteiger partial charge is 0.338 e. The normalized spacial score (nSPS) is 10.2. The standard InChI is InChI=1S/C9H7N.C8H14N2/c1-2-6-9-8(4-1)5-3-7-10-9;1-4-7-6-10(3)8(5-2)9-7/h1-7H;6H,4-5H2,1-3H3. The van der Waals surface area contributed by atoms with Crippen LogP contribution in [-0.4, -0.2) is 14.5 Å². The molecule has 2 aromatic heterocycles. The van der Waals surface area contributed by atoms with Crippen LogP contribution < -0.4 is 0 Å². The summed E-state index contributed by atoms with van der Waals surface area (Å²) in [4.78, 5) is 8.59. The summed E-state index contributed by atoms with van der Waals surface area (Å²) in [6, 6.07) is 12.1.